The van der Waals surface area contributed by atoms with Gasteiger partial charge in [-0.25, -0.2) is 0 Å². The smallest absolute Gasteiger partial charge is 0.0358 e. The molecule has 2 rings (SSSR count). The van der Waals surface area contributed by atoms with Crippen LogP contribution in [0.15, 0.2) is 0 Å². The van der Waals surface area contributed by atoms with Gasteiger partial charge < -0.3 is 5.73 Å². The molecule has 0 aliphatic carbocycles. The van der Waals surface area contributed by atoms with Crippen LogP contribution in [0.25, 0.3) is 0 Å². The van der Waals surface area contributed by atoms with E-state index < -0.39 is 0 Å². The molecule has 2 aliphatic rings. The highest BCUT2D eigenvalue weighted by Crippen LogP contribution is 2.42. The van der Waals surface area contributed by atoms with Gasteiger partial charge in [0, 0.05) is 24.5 Å². The number of hydrogen-bond acceptors (Lipinski definition) is 2. The number of nitrogens with two attached hydrogens (primary N) is 1. The molecule has 2 nitrogen and oxygen atoms in total. The van der Waals surface area contributed by atoms with Crippen molar-refractivity contribution in [1.29, 1.82) is 0 Å². The number of piperidine rings is 1. The van der Waals surface area contributed by atoms with E-state index in [9.17, 15) is 0 Å². The molecule has 2 heterocycles. The van der Waals surface area contributed by atoms with E-state index in [1.54, 1.807) is 0 Å². The number of fused-ring (bicyclic) bond motifs is 1. The van der Waals surface area contributed by atoms with E-state index in [0.717, 1.165) is 19.5 Å². The predicted octanol–water partition coefficient (Wildman–Crippen LogP) is 1.07. The SMILES string of the molecule is C#C[C@H]1CC(C)[C@]2(CN)CCCN2C1. The van der Waals surface area contributed by atoms with Crippen molar-refractivity contribution in [3.63, 3.8) is 0 Å². The number of nitrogens with zero attached hydrogens (tertiary/aromatic N) is 1. The molecule has 14 heavy (non-hydrogen) atoms. The highest BCUT2D eigenvalue weighted by atomic mass is 15.2. The minimum absolute atomic E-state index is 0.285. The molecule has 1 unspecified atom stereocenters. The molecule has 0 aromatic heterocycles. The quantitative estimate of drug-likeness (QED) is 0.630. The Kier molecular flexibility index (Phi) is 2.55. The summed E-state index contributed by atoms with van der Waals surface area (Å²) in [4.78, 5) is 2.55. The fraction of sp³-hybridized carbons (Fsp3) is 0.833. The van der Waals surface area contributed by atoms with Crippen molar-refractivity contribution in [2.45, 2.75) is 31.7 Å². The van der Waals surface area contributed by atoms with Gasteiger partial charge in [-0.15, -0.1) is 12.3 Å². The fourth-order valence-electron chi connectivity index (χ4n) is 3.33. The lowest BCUT2D eigenvalue weighted by Crippen LogP contribution is -2.58. The third kappa shape index (κ3) is 1.27. The normalized spacial score (nSPS) is 43.2. The van der Waals surface area contributed by atoms with E-state index in [-0.39, 0.29) is 5.54 Å². The van der Waals surface area contributed by atoms with Gasteiger partial charge in [-0.2, -0.15) is 0 Å². The topological polar surface area (TPSA) is 29.3 Å². The molecule has 0 saturated carbocycles. The van der Waals surface area contributed by atoms with Gasteiger partial charge in [-0.3, -0.25) is 4.90 Å². The van der Waals surface area contributed by atoms with Crippen molar-refractivity contribution in [3.8, 4) is 12.3 Å². The minimum atomic E-state index is 0.285. The standard InChI is InChI=1S/C12H20N2/c1-3-11-7-10(2)12(9-13)5-4-6-14(12)8-11/h1,10-11H,4-9,13H2,2H3/t10?,11-,12+/m0/s1. The highest BCUT2D eigenvalue weighted by molar-refractivity contribution is 5.09. The first-order valence-corrected chi connectivity index (χ1v) is 5.64. The lowest BCUT2D eigenvalue weighted by atomic mass is 9.74. The van der Waals surface area contributed by atoms with E-state index in [4.69, 9.17) is 12.2 Å². The van der Waals surface area contributed by atoms with E-state index in [1.165, 1.54) is 19.4 Å². The Balaban J connectivity index is 2.20. The lowest BCUT2D eigenvalue weighted by Gasteiger charge is -2.48. The van der Waals surface area contributed by atoms with Crippen molar-refractivity contribution in [2.75, 3.05) is 19.6 Å². The summed E-state index contributed by atoms with van der Waals surface area (Å²) in [6.45, 7) is 5.37. The summed E-state index contributed by atoms with van der Waals surface area (Å²) < 4.78 is 0. The van der Waals surface area contributed by atoms with Crippen LogP contribution >= 0.6 is 0 Å². The summed E-state index contributed by atoms with van der Waals surface area (Å²) in [5.74, 6) is 4.01. The first-order chi connectivity index (χ1) is 6.73. The number of rotatable bonds is 1. The average molecular weight is 192 g/mol. The molecule has 3 atom stereocenters. The molecule has 2 N–H and O–H groups in total. The van der Waals surface area contributed by atoms with Crippen molar-refractivity contribution in [1.82, 2.24) is 4.90 Å². The Labute approximate surface area is 86.8 Å². The molecule has 0 bridgehead atoms. The molecule has 2 heteroatoms. The Morgan fingerprint density at radius 3 is 3.07 bits per heavy atom. The van der Waals surface area contributed by atoms with E-state index >= 15 is 0 Å². The molecule has 0 aromatic carbocycles. The van der Waals surface area contributed by atoms with Gasteiger partial charge >= 0.3 is 0 Å². The zero-order valence-corrected chi connectivity index (χ0v) is 9.00. The van der Waals surface area contributed by atoms with E-state index in [1.807, 2.05) is 0 Å². The number of hydrogen-bond donors (Lipinski definition) is 1. The van der Waals surface area contributed by atoms with Crippen LogP contribution in [0.1, 0.15) is 26.2 Å². The molecule has 0 aromatic rings. The van der Waals surface area contributed by atoms with Crippen molar-refractivity contribution >= 4 is 0 Å². The third-order valence-electron chi connectivity index (χ3n) is 4.25. The van der Waals surface area contributed by atoms with Crippen LogP contribution in [0.4, 0.5) is 0 Å². The maximum atomic E-state index is 5.96. The Bertz CT molecular complexity index is 256. The van der Waals surface area contributed by atoms with Gasteiger partial charge in [-0.1, -0.05) is 6.92 Å². The van der Waals surface area contributed by atoms with E-state index in [2.05, 4.69) is 17.7 Å². The molecule has 78 valence electrons. The van der Waals surface area contributed by atoms with Gasteiger partial charge in [0.15, 0.2) is 0 Å². The van der Waals surface area contributed by atoms with Crippen LogP contribution in [0, 0.1) is 24.2 Å². The molecule has 2 saturated heterocycles. The first kappa shape index (κ1) is 10.0. The molecule has 0 amide bonds. The zero-order valence-electron chi connectivity index (χ0n) is 9.00. The molecule has 2 fully saturated rings. The van der Waals surface area contributed by atoms with Crippen molar-refractivity contribution in [2.24, 2.45) is 17.6 Å². The summed E-state index contributed by atoms with van der Waals surface area (Å²) >= 11 is 0. The van der Waals surface area contributed by atoms with Crippen LogP contribution < -0.4 is 5.73 Å². The van der Waals surface area contributed by atoms with Gasteiger partial charge in [-0.05, 0) is 31.7 Å². The van der Waals surface area contributed by atoms with Crippen LogP contribution in [0.5, 0.6) is 0 Å². The summed E-state index contributed by atoms with van der Waals surface area (Å²) in [5, 5.41) is 0. The minimum Gasteiger partial charge on any atom is -0.329 e. The summed E-state index contributed by atoms with van der Waals surface area (Å²) in [5.41, 5.74) is 6.25. The van der Waals surface area contributed by atoms with Gasteiger partial charge in [0.1, 0.15) is 0 Å². The Morgan fingerprint density at radius 2 is 2.43 bits per heavy atom. The van der Waals surface area contributed by atoms with Gasteiger partial charge in [0.2, 0.25) is 0 Å². The molecular formula is C12H20N2. The second-order valence-corrected chi connectivity index (χ2v) is 4.86. The molecule has 2 aliphatic heterocycles. The number of terminal acetylenes is 1. The zero-order chi connectivity index (χ0) is 10.2. The van der Waals surface area contributed by atoms with Gasteiger partial charge in [0.05, 0.1) is 0 Å². The van der Waals surface area contributed by atoms with Gasteiger partial charge in [0.25, 0.3) is 0 Å². The second kappa shape index (κ2) is 3.56. The van der Waals surface area contributed by atoms with Crippen LogP contribution in [0.3, 0.4) is 0 Å². The first-order valence-electron chi connectivity index (χ1n) is 5.64. The average Bonchev–Trinajstić information content (AvgIpc) is 2.62. The Hall–Kier alpha value is -0.520. The lowest BCUT2D eigenvalue weighted by molar-refractivity contribution is 0.0286. The molecule has 0 spiro atoms. The predicted molar refractivity (Wildman–Crippen MR) is 58.7 cm³/mol. The monoisotopic (exact) mass is 192 g/mol. The van der Waals surface area contributed by atoms with Crippen molar-refractivity contribution < 1.29 is 0 Å². The van der Waals surface area contributed by atoms with Crippen LogP contribution in [0.2, 0.25) is 0 Å². The van der Waals surface area contributed by atoms with Crippen LogP contribution in [-0.2, 0) is 0 Å². The third-order valence-corrected chi connectivity index (χ3v) is 4.25. The molecule has 0 radical (unpaired) electrons. The second-order valence-electron chi connectivity index (χ2n) is 4.86. The van der Waals surface area contributed by atoms with E-state index in [0.29, 0.717) is 11.8 Å². The molecular weight excluding hydrogens is 172 g/mol. The van der Waals surface area contributed by atoms with Crippen LogP contribution in [-0.4, -0.2) is 30.1 Å². The maximum Gasteiger partial charge on any atom is 0.0358 e. The highest BCUT2D eigenvalue weighted by Gasteiger charge is 2.47. The van der Waals surface area contributed by atoms with Crippen molar-refractivity contribution in [3.05, 3.63) is 0 Å². The summed E-state index contributed by atoms with van der Waals surface area (Å²) in [6.07, 6.45) is 9.24. The maximum absolute atomic E-state index is 5.96. The summed E-state index contributed by atoms with van der Waals surface area (Å²) in [6, 6.07) is 0. The largest absolute Gasteiger partial charge is 0.329 e. The summed E-state index contributed by atoms with van der Waals surface area (Å²) in [7, 11) is 0. The Morgan fingerprint density at radius 1 is 1.64 bits per heavy atom. The fourth-order valence-corrected chi connectivity index (χ4v) is 3.33.